The van der Waals surface area contributed by atoms with Gasteiger partial charge in [-0.3, -0.25) is 9.59 Å². The SMILES string of the molecule is O=C(O)CC1(NC(=O)CC2CCS(=O)(=O)C2)CCCC1. The molecule has 114 valence electrons. The Hall–Kier alpha value is -1.11. The van der Waals surface area contributed by atoms with Gasteiger partial charge in [-0.05, 0) is 25.2 Å². The van der Waals surface area contributed by atoms with E-state index < -0.39 is 21.3 Å². The van der Waals surface area contributed by atoms with E-state index in [1.54, 1.807) is 0 Å². The lowest BCUT2D eigenvalue weighted by Gasteiger charge is -2.29. The van der Waals surface area contributed by atoms with Crippen LogP contribution in [0.1, 0.15) is 44.9 Å². The monoisotopic (exact) mass is 303 g/mol. The summed E-state index contributed by atoms with van der Waals surface area (Å²) in [4.78, 5) is 23.0. The van der Waals surface area contributed by atoms with Crippen LogP contribution in [0.25, 0.3) is 0 Å². The number of carbonyl (C=O) groups is 2. The molecule has 7 heteroatoms. The highest BCUT2D eigenvalue weighted by atomic mass is 32.2. The predicted molar refractivity (Wildman–Crippen MR) is 73.0 cm³/mol. The number of amides is 1. The van der Waals surface area contributed by atoms with Crippen molar-refractivity contribution in [3.63, 3.8) is 0 Å². The highest BCUT2D eigenvalue weighted by Gasteiger charge is 2.38. The summed E-state index contributed by atoms with van der Waals surface area (Å²) in [5.41, 5.74) is -0.625. The van der Waals surface area contributed by atoms with Crippen molar-refractivity contribution in [1.29, 1.82) is 0 Å². The standard InChI is InChI=1S/C13H21NO5S/c15-11(7-10-3-6-20(18,19)9-10)14-13(8-12(16)17)4-1-2-5-13/h10H,1-9H2,(H,14,15)(H,16,17). The zero-order chi connectivity index (χ0) is 14.8. The van der Waals surface area contributed by atoms with E-state index in [2.05, 4.69) is 5.32 Å². The van der Waals surface area contributed by atoms with Crippen LogP contribution in [-0.4, -0.2) is 42.4 Å². The fourth-order valence-electron chi connectivity index (χ4n) is 3.33. The van der Waals surface area contributed by atoms with Crippen molar-refractivity contribution in [2.24, 2.45) is 5.92 Å². The summed E-state index contributed by atoms with van der Waals surface area (Å²) in [5, 5.41) is 11.8. The Balaban J connectivity index is 1.91. The zero-order valence-corrected chi connectivity index (χ0v) is 12.2. The summed E-state index contributed by atoms with van der Waals surface area (Å²) >= 11 is 0. The lowest BCUT2D eigenvalue weighted by Crippen LogP contribution is -2.48. The molecule has 0 aromatic rings. The molecule has 2 fully saturated rings. The van der Waals surface area contributed by atoms with E-state index in [1.807, 2.05) is 0 Å². The Bertz CT molecular complexity index is 493. The molecule has 1 aliphatic heterocycles. The van der Waals surface area contributed by atoms with E-state index in [-0.39, 0.29) is 36.2 Å². The fourth-order valence-corrected chi connectivity index (χ4v) is 5.19. The van der Waals surface area contributed by atoms with Gasteiger partial charge < -0.3 is 10.4 Å². The van der Waals surface area contributed by atoms with Crippen LogP contribution in [0.15, 0.2) is 0 Å². The van der Waals surface area contributed by atoms with Crippen molar-refractivity contribution in [2.75, 3.05) is 11.5 Å². The molecule has 0 aromatic carbocycles. The Labute approximate surface area is 118 Å². The Morgan fingerprint density at radius 1 is 1.25 bits per heavy atom. The van der Waals surface area contributed by atoms with Crippen molar-refractivity contribution < 1.29 is 23.1 Å². The van der Waals surface area contributed by atoms with Crippen molar-refractivity contribution in [1.82, 2.24) is 5.32 Å². The van der Waals surface area contributed by atoms with Crippen LogP contribution in [0, 0.1) is 5.92 Å². The molecule has 2 aliphatic rings. The average Bonchev–Trinajstić information content (AvgIpc) is 2.85. The Morgan fingerprint density at radius 3 is 2.40 bits per heavy atom. The number of rotatable bonds is 5. The molecule has 0 radical (unpaired) electrons. The second kappa shape index (κ2) is 5.71. The first-order valence-corrected chi connectivity index (χ1v) is 8.86. The molecule has 2 rings (SSSR count). The van der Waals surface area contributed by atoms with Crippen LogP contribution in [0.5, 0.6) is 0 Å². The maximum atomic E-state index is 12.1. The second-order valence-corrected chi connectivity index (χ2v) is 8.31. The third-order valence-electron chi connectivity index (χ3n) is 4.26. The molecular formula is C13H21NO5S. The lowest BCUT2D eigenvalue weighted by molar-refractivity contribution is -0.139. The quantitative estimate of drug-likeness (QED) is 0.779. The Kier molecular flexibility index (Phi) is 4.36. The molecule has 1 atom stereocenters. The van der Waals surface area contributed by atoms with Crippen molar-refractivity contribution in [3.05, 3.63) is 0 Å². The Morgan fingerprint density at radius 2 is 1.90 bits per heavy atom. The normalized spacial score (nSPS) is 27.3. The fraction of sp³-hybridized carbons (Fsp3) is 0.846. The summed E-state index contributed by atoms with van der Waals surface area (Å²) < 4.78 is 22.7. The molecule has 2 N–H and O–H groups in total. The molecular weight excluding hydrogens is 282 g/mol. The summed E-state index contributed by atoms with van der Waals surface area (Å²) in [6.07, 6.45) is 3.88. The molecule has 0 aromatic heterocycles. The van der Waals surface area contributed by atoms with E-state index in [0.29, 0.717) is 19.3 Å². The first-order chi connectivity index (χ1) is 9.30. The van der Waals surface area contributed by atoms with Crippen LogP contribution in [-0.2, 0) is 19.4 Å². The lowest BCUT2D eigenvalue weighted by atomic mass is 9.92. The van der Waals surface area contributed by atoms with E-state index in [0.717, 1.165) is 12.8 Å². The van der Waals surface area contributed by atoms with Gasteiger partial charge in [0.05, 0.1) is 23.5 Å². The van der Waals surface area contributed by atoms with Gasteiger partial charge in [0, 0.05) is 6.42 Å². The minimum absolute atomic E-state index is 0.0539. The maximum absolute atomic E-state index is 12.1. The molecule has 1 unspecified atom stereocenters. The minimum atomic E-state index is -2.98. The molecule has 1 saturated carbocycles. The number of carbonyl (C=O) groups excluding carboxylic acids is 1. The number of aliphatic carboxylic acids is 1. The van der Waals surface area contributed by atoms with Crippen molar-refractivity contribution >= 4 is 21.7 Å². The zero-order valence-electron chi connectivity index (χ0n) is 11.4. The molecule has 0 bridgehead atoms. The largest absolute Gasteiger partial charge is 0.481 e. The molecule has 1 aliphatic carbocycles. The third-order valence-corrected chi connectivity index (χ3v) is 6.09. The number of nitrogens with one attached hydrogen (secondary N) is 1. The number of carboxylic acids is 1. The first kappa shape index (κ1) is 15.3. The van der Waals surface area contributed by atoms with Crippen molar-refractivity contribution in [2.45, 2.75) is 50.5 Å². The van der Waals surface area contributed by atoms with Gasteiger partial charge in [0.25, 0.3) is 0 Å². The summed E-state index contributed by atoms with van der Waals surface area (Å²) in [7, 11) is -2.98. The van der Waals surface area contributed by atoms with Crippen molar-refractivity contribution in [3.8, 4) is 0 Å². The van der Waals surface area contributed by atoms with Gasteiger partial charge in [0.15, 0.2) is 9.84 Å². The van der Waals surface area contributed by atoms with Crippen LogP contribution in [0.2, 0.25) is 0 Å². The van der Waals surface area contributed by atoms with Crippen LogP contribution in [0.3, 0.4) is 0 Å². The van der Waals surface area contributed by atoms with E-state index in [1.165, 1.54) is 0 Å². The van der Waals surface area contributed by atoms with E-state index in [4.69, 9.17) is 5.11 Å². The maximum Gasteiger partial charge on any atom is 0.305 e. The van der Waals surface area contributed by atoms with Gasteiger partial charge in [-0.25, -0.2) is 8.42 Å². The second-order valence-electron chi connectivity index (χ2n) is 6.08. The van der Waals surface area contributed by atoms with Gasteiger partial charge >= 0.3 is 5.97 Å². The van der Waals surface area contributed by atoms with Crippen LogP contribution in [0.4, 0.5) is 0 Å². The molecule has 6 nitrogen and oxygen atoms in total. The van der Waals surface area contributed by atoms with Gasteiger partial charge in [-0.15, -0.1) is 0 Å². The molecule has 1 saturated heterocycles. The third kappa shape index (κ3) is 3.94. The van der Waals surface area contributed by atoms with Gasteiger partial charge in [-0.2, -0.15) is 0 Å². The predicted octanol–water partition coefficient (Wildman–Crippen LogP) is 0.715. The van der Waals surface area contributed by atoms with Crippen LogP contribution >= 0.6 is 0 Å². The number of sulfone groups is 1. The highest BCUT2D eigenvalue weighted by Crippen LogP contribution is 2.33. The molecule has 1 heterocycles. The first-order valence-electron chi connectivity index (χ1n) is 7.04. The summed E-state index contributed by atoms with van der Waals surface area (Å²) in [5.74, 6) is -1.01. The number of hydrogen-bond acceptors (Lipinski definition) is 4. The highest BCUT2D eigenvalue weighted by molar-refractivity contribution is 7.91. The smallest absolute Gasteiger partial charge is 0.305 e. The number of carboxylic acid groups (broad SMARTS) is 1. The van der Waals surface area contributed by atoms with E-state index in [9.17, 15) is 18.0 Å². The van der Waals surface area contributed by atoms with Gasteiger partial charge in [0.1, 0.15) is 0 Å². The molecule has 1 amide bonds. The molecule has 0 spiro atoms. The van der Waals surface area contributed by atoms with Gasteiger partial charge in [-0.1, -0.05) is 12.8 Å². The van der Waals surface area contributed by atoms with Crippen LogP contribution < -0.4 is 5.32 Å². The molecule has 20 heavy (non-hydrogen) atoms. The topological polar surface area (TPSA) is 101 Å². The minimum Gasteiger partial charge on any atom is -0.481 e. The summed E-state index contributed by atoms with van der Waals surface area (Å²) in [6, 6.07) is 0. The number of hydrogen-bond donors (Lipinski definition) is 2. The van der Waals surface area contributed by atoms with E-state index >= 15 is 0 Å². The average molecular weight is 303 g/mol. The van der Waals surface area contributed by atoms with Gasteiger partial charge in [0.2, 0.25) is 5.91 Å². The summed E-state index contributed by atoms with van der Waals surface area (Å²) in [6.45, 7) is 0.